The number of carbonyl (C=O) groups is 4. The monoisotopic (exact) mass is 277 g/mol. The van der Waals surface area contributed by atoms with E-state index in [2.05, 4.69) is 4.74 Å². The van der Waals surface area contributed by atoms with E-state index in [0.717, 1.165) is 11.0 Å². The highest BCUT2D eigenvalue weighted by Crippen LogP contribution is 2.24. The Labute approximate surface area is 113 Å². The van der Waals surface area contributed by atoms with Crippen LogP contribution in [0.15, 0.2) is 18.2 Å². The number of esters is 1. The molecule has 1 aromatic carbocycles. The minimum Gasteiger partial charge on any atom is -0.478 e. The number of carboxylic acid groups (broad SMARTS) is 1. The number of fused-ring (bicyclic) bond motifs is 1. The van der Waals surface area contributed by atoms with Crippen LogP contribution in [0.1, 0.15) is 37.5 Å². The molecule has 1 aliphatic rings. The molecular formula is C13H11NO6. The van der Waals surface area contributed by atoms with Crippen molar-refractivity contribution < 1.29 is 29.0 Å². The van der Waals surface area contributed by atoms with Gasteiger partial charge in [-0.3, -0.25) is 19.3 Å². The summed E-state index contributed by atoms with van der Waals surface area (Å²) in [5.41, 5.74) is 0.115. The first-order valence-electron chi connectivity index (χ1n) is 5.76. The fourth-order valence-corrected chi connectivity index (χ4v) is 1.93. The maximum Gasteiger partial charge on any atom is 0.335 e. The van der Waals surface area contributed by atoms with Crippen molar-refractivity contribution in [3.05, 3.63) is 34.9 Å². The first-order valence-corrected chi connectivity index (χ1v) is 5.76. The molecule has 1 aromatic rings. The lowest BCUT2D eigenvalue weighted by Gasteiger charge is -2.12. The molecule has 2 amide bonds. The summed E-state index contributed by atoms with van der Waals surface area (Å²) in [6.07, 6.45) is -0.103. The maximum atomic E-state index is 12.0. The lowest BCUT2D eigenvalue weighted by molar-refractivity contribution is -0.140. The Morgan fingerprint density at radius 1 is 1.20 bits per heavy atom. The van der Waals surface area contributed by atoms with Crippen molar-refractivity contribution in [2.45, 2.75) is 6.42 Å². The molecule has 0 spiro atoms. The number of aromatic carboxylic acids is 1. The van der Waals surface area contributed by atoms with Gasteiger partial charge >= 0.3 is 11.9 Å². The van der Waals surface area contributed by atoms with E-state index >= 15 is 0 Å². The number of rotatable bonds is 4. The molecule has 104 valence electrons. The Kier molecular flexibility index (Phi) is 3.51. The van der Waals surface area contributed by atoms with Crippen LogP contribution in [0.3, 0.4) is 0 Å². The molecule has 7 heteroatoms. The van der Waals surface area contributed by atoms with Crippen LogP contribution < -0.4 is 0 Å². The van der Waals surface area contributed by atoms with Gasteiger partial charge in [-0.15, -0.1) is 0 Å². The van der Waals surface area contributed by atoms with Crippen LogP contribution in [-0.2, 0) is 9.53 Å². The minimum atomic E-state index is -1.18. The number of carboxylic acids is 1. The first-order chi connectivity index (χ1) is 9.45. The summed E-state index contributed by atoms with van der Waals surface area (Å²) in [7, 11) is 1.21. The average molecular weight is 277 g/mol. The van der Waals surface area contributed by atoms with Gasteiger partial charge in [0.15, 0.2) is 0 Å². The normalized spacial score (nSPS) is 13.3. The summed E-state index contributed by atoms with van der Waals surface area (Å²) in [4.78, 5) is 46.8. The van der Waals surface area contributed by atoms with Gasteiger partial charge in [-0.05, 0) is 18.2 Å². The number of nitrogens with zero attached hydrogens (tertiary/aromatic N) is 1. The van der Waals surface area contributed by atoms with Gasteiger partial charge in [0.05, 0.1) is 30.2 Å². The number of benzene rings is 1. The SMILES string of the molecule is COC(=O)CCN1C(=O)c2ccc(C(=O)O)cc2C1=O. The number of methoxy groups -OCH3 is 1. The average Bonchev–Trinajstić information content (AvgIpc) is 2.68. The molecule has 1 heterocycles. The number of hydrogen-bond acceptors (Lipinski definition) is 5. The van der Waals surface area contributed by atoms with E-state index in [1.54, 1.807) is 0 Å². The van der Waals surface area contributed by atoms with Crippen molar-refractivity contribution in [1.29, 1.82) is 0 Å². The van der Waals surface area contributed by atoms with Gasteiger partial charge in [-0.2, -0.15) is 0 Å². The van der Waals surface area contributed by atoms with Crippen LogP contribution in [0.2, 0.25) is 0 Å². The molecule has 0 fully saturated rings. The highest BCUT2D eigenvalue weighted by molar-refractivity contribution is 6.22. The Balaban J connectivity index is 2.26. The third-order valence-corrected chi connectivity index (χ3v) is 2.98. The summed E-state index contributed by atoms with van der Waals surface area (Å²) in [6.45, 7) is -0.0958. The van der Waals surface area contributed by atoms with Crippen molar-refractivity contribution in [3.8, 4) is 0 Å². The fourth-order valence-electron chi connectivity index (χ4n) is 1.93. The molecular weight excluding hydrogens is 266 g/mol. The molecule has 1 aliphatic heterocycles. The van der Waals surface area contributed by atoms with Gasteiger partial charge in [0.1, 0.15) is 0 Å². The van der Waals surface area contributed by atoms with E-state index in [1.165, 1.54) is 19.2 Å². The lowest BCUT2D eigenvalue weighted by Crippen LogP contribution is -2.32. The molecule has 0 bridgehead atoms. The largest absolute Gasteiger partial charge is 0.478 e. The quantitative estimate of drug-likeness (QED) is 0.637. The lowest BCUT2D eigenvalue weighted by atomic mass is 10.1. The van der Waals surface area contributed by atoms with Crippen molar-refractivity contribution >= 4 is 23.8 Å². The van der Waals surface area contributed by atoms with E-state index in [4.69, 9.17) is 5.11 Å². The first kappa shape index (κ1) is 13.7. The topological polar surface area (TPSA) is 101 Å². The second-order valence-electron chi connectivity index (χ2n) is 4.15. The fraction of sp³-hybridized carbons (Fsp3) is 0.231. The van der Waals surface area contributed by atoms with Crippen LogP contribution >= 0.6 is 0 Å². The van der Waals surface area contributed by atoms with Gasteiger partial charge in [-0.25, -0.2) is 4.79 Å². The summed E-state index contributed by atoms with van der Waals surface area (Å²) < 4.78 is 4.44. The summed E-state index contributed by atoms with van der Waals surface area (Å²) in [5, 5.41) is 8.87. The van der Waals surface area contributed by atoms with Crippen LogP contribution in [0, 0.1) is 0 Å². The number of hydrogen-bond donors (Lipinski definition) is 1. The number of amides is 2. The number of imide groups is 1. The van der Waals surface area contributed by atoms with Gasteiger partial charge in [0.25, 0.3) is 11.8 Å². The third kappa shape index (κ3) is 2.25. The predicted octanol–water partition coefficient (Wildman–Crippen LogP) is 0.544. The predicted molar refractivity (Wildman–Crippen MR) is 65.4 cm³/mol. The molecule has 0 unspecified atom stereocenters. The summed E-state index contributed by atoms with van der Waals surface area (Å²) in [6, 6.07) is 3.73. The minimum absolute atomic E-state index is 0.0414. The summed E-state index contributed by atoms with van der Waals surface area (Å²) >= 11 is 0. The van der Waals surface area contributed by atoms with Gasteiger partial charge in [-0.1, -0.05) is 0 Å². The second-order valence-corrected chi connectivity index (χ2v) is 4.15. The van der Waals surface area contributed by atoms with Gasteiger partial charge in [0.2, 0.25) is 0 Å². The van der Waals surface area contributed by atoms with Gasteiger partial charge < -0.3 is 9.84 Å². The van der Waals surface area contributed by atoms with Crippen molar-refractivity contribution in [3.63, 3.8) is 0 Å². The molecule has 1 N–H and O–H groups in total. The van der Waals surface area contributed by atoms with Crippen molar-refractivity contribution in [2.24, 2.45) is 0 Å². The van der Waals surface area contributed by atoms with Gasteiger partial charge in [0, 0.05) is 6.54 Å². The van der Waals surface area contributed by atoms with Crippen LogP contribution in [0.25, 0.3) is 0 Å². The Morgan fingerprint density at radius 2 is 1.85 bits per heavy atom. The smallest absolute Gasteiger partial charge is 0.335 e. The van der Waals surface area contributed by atoms with Crippen LogP contribution in [0.5, 0.6) is 0 Å². The number of carbonyl (C=O) groups excluding carboxylic acids is 3. The molecule has 0 aliphatic carbocycles. The molecule has 2 rings (SSSR count). The molecule has 0 saturated carbocycles. The van der Waals surface area contributed by atoms with Crippen molar-refractivity contribution in [2.75, 3.05) is 13.7 Å². The third-order valence-electron chi connectivity index (χ3n) is 2.98. The van der Waals surface area contributed by atoms with E-state index < -0.39 is 23.8 Å². The standard InChI is InChI=1S/C13H11NO6/c1-20-10(15)4-5-14-11(16)8-3-2-7(13(18)19)6-9(8)12(14)17/h2-3,6H,4-5H2,1H3,(H,18,19). The molecule has 0 saturated heterocycles. The van der Waals surface area contributed by atoms with E-state index in [9.17, 15) is 19.2 Å². The Bertz CT molecular complexity index is 621. The zero-order valence-electron chi connectivity index (χ0n) is 10.6. The molecule has 20 heavy (non-hydrogen) atoms. The second kappa shape index (κ2) is 5.12. The number of ether oxygens (including phenoxy) is 1. The highest BCUT2D eigenvalue weighted by Gasteiger charge is 2.36. The molecule has 0 radical (unpaired) electrons. The summed E-state index contributed by atoms with van der Waals surface area (Å²) in [5.74, 6) is -2.85. The maximum absolute atomic E-state index is 12.0. The molecule has 7 nitrogen and oxygen atoms in total. The van der Waals surface area contributed by atoms with Crippen molar-refractivity contribution in [1.82, 2.24) is 4.90 Å². The van der Waals surface area contributed by atoms with Crippen LogP contribution in [-0.4, -0.2) is 47.4 Å². The molecule has 0 aromatic heterocycles. The highest BCUT2D eigenvalue weighted by atomic mass is 16.5. The van der Waals surface area contributed by atoms with E-state index in [1.807, 2.05) is 0 Å². The Hall–Kier alpha value is -2.70. The van der Waals surface area contributed by atoms with Crippen LogP contribution in [0.4, 0.5) is 0 Å². The zero-order chi connectivity index (χ0) is 14.9. The zero-order valence-corrected chi connectivity index (χ0v) is 10.6. The molecule has 0 atom stereocenters. The van der Waals surface area contributed by atoms with E-state index in [0.29, 0.717) is 0 Å². The Morgan fingerprint density at radius 3 is 2.45 bits per heavy atom. The van der Waals surface area contributed by atoms with E-state index in [-0.39, 0.29) is 29.7 Å².